The number of amides is 1. The van der Waals surface area contributed by atoms with Crippen LogP contribution in [0.1, 0.15) is 18.6 Å². The number of aryl methyl sites for hydroxylation is 1. The topological polar surface area (TPSA) is 86.0 Å². The van der Waals surface area contributed by atoms with Gasteiger partial charge < -0.3 is 20.2 Å². The molecule has 1 aromatic carbocycles. The van der Waals surface area contributed by atoms with Gasteiger partial charge in [0, 0.05) is 43.5 Å². The molecule has 1 aromatic heterocycles. The van der Waals surface area contributed by atoms with Crippen molar-refractivity contribution in [2.45, 2.75) is 13.0 Å². The molecule has 0 radical (unpaired) electrons. The van der Waals surface area contributed by atoms with Gasteiger partial charge in [-0.05, 0) is 13.0 Å². The number of benzene rings is 1. The number of aliphatic hydroxyl groups excluding tert-OH is 1. The quantitative estimate of drug-likeness (QED) is 0.581. The summed E-state index contributed by atoms with van der Waals surface area (Å²) >= 11 is 6.15. The maximum atomic E-state index is 12.6. The van der Waals surface area contributed by atoms with Crippen LogP contribution in [0.15, 0.2) is 41.7 Å². The molecule has 0 saturated carbocycles. The van der Waals surface area contributed by atoms with Gasteiger partial charge in [-0.15, -0.1) is 0 Å². The van der Waals surface area contributed by atoms with Crippen molar-refractivity contribution in [1.82, 2.24) is 20.0 Å². The summed E-state index contributed by atoms with van der Waals surface area (Å²) < 4.78 is 1.68. The van der Waals surface area contributed by atoms with E-state index in [4.69, 9.17) is 11.6 Å². The number of hydrogen-bond donors (Lipinski definition) is 2. The molecular weight excluding hydrogens is 380 g/mol. The van der Waals surface area contributed by atoms with Crippen molar-refractivity contribution >= 4 is 29.2 Å². The van der Waals surface area contributed by atoms with E-state index < -0.39 is 6.10 Å². The minimum Gasteiger partial charge on any atom is -0.386 e. The number of nitrogens with zero attached hydrogens (tertiary/aromatic N) is 5. The highest BCUT2D eigenvalue weighted by Crippen LogP contribution is 2.23. The zero-order valence-electron chi connectivity index (χ0n) is 16.0. The normalized spacial score (nSPS) is 16.4. The Morgan fingerprint density at radius 2 is 2.18 bits per heavy atom. The zero-order chi connectivity index (χ0) is 20.1. The molecule has 2 N–H and O–H groups in total. The second-order valence-electron chi connectivity index (χ2n) is 6.57. The molecule has 28 heavy (non-hydrogen) atoms. The average Bonchev–Trinajstić information content (AvgIpc) is 3.11. The van der Waals surface area contributed by atoms with Crippen molar-refractivity contribution < 1.29 is 9.90 Å². The number of guanidine groups is 1. The Hall–Kier alpha value is -2.58. The minimum absolute atomic E-state index is 0.0171. The molecule has 0 spiro atoms. The average molecular weight is 405 g/mol. The fourth-order valence-corrected chi connectivity index (χ4v) is 3.38. The third kappa shape index (κ3) is 4.63. The lowest BCUT2D eigenvalue weighted by Gasteiger charge is -2.35. The van der Waals surface area contributed by atoms with Gasteiger partial charge in [0.25, 0.3) is 0 Å². The lowest BCUT2D eigenvalue weighted by Crippen LogP contribution is -2.55. The molecule has 1 saturated heterocycles. The molecule has 1 amide bonds. The first-order chi connectivity index (χ1) is 13.5. The van der Waals surface area contributed by atoms with E-state index in [1.54, 1.807) is 27.9 Å². The van der Waals surface area contributed by atoms with Crippen LogP contribution in [0.3, 0.4) is 0 Å². The first-order valence-corrected chi connectivity index (χ1v) is 9.62. The first kappa shape index (κ1) is 20.2. The Balaban J connectivity index is 1.68. The van der Waals surface area contributed by atoms with E-state index in [1.807, 2.05) is 37.2 Å². The molecular formula is C19H25ClN6O2. The monoisotopic (exact) mass is 404 g/mol. The lowest BCUT2D eigenvalue weighted by molar-refractivity contribution is -0.120. The number of rotatable bonds is 5. The van der Waals surface area contributed by atoms with E-state index >= 15 is 0 Å². The highest BCUT2D eigenvalue weighted by atomic mass is 35.5. The Morgan fingerprint density at radius 3 is 2.82 bits per heavy atom. The molecule has 8 nitrogen and oxygen atoms in total. The molecule has 1 atom stereocenters. The Labute approximate surface area is 169 Å². The van der Waals surface area contributed by atoms with Gasteiger partial charge in [-0.3, -0.25) is 14.5 Å². The van der Waals surface area contributed by atoms with E-state index in [9.17, 15) is 9.90 Å². The molecule has 1 unspecified atom stereocenters. The summed E-state index contributed by atoms with van der Waals surface area (Å²) in [6.45, 7) is 4.18. The SMILES string of the molecule is CCNC(=NCC(O)c1ccccc1Cl)N1CCN(c2cnn(C)c2)C(=O)C1. The van der Waals surface area contributed by atoms with Crippen molar-refractivity contribution in [1.29, 1.82) is 0 Å². The number of aliphatic hydroxyl groups is 1. The number of piperazine rings is 1. The maximum absolute atomic E-state index is 12.6. The van der Waals surface area contributed by atoms with Crippen LogP contribution in [0, 0.1) is 0 Å². The number of hydrogen-bond acceptors (Lipinski definition) is 4. The van der Waals surface area contributed by atoms with E-state index in [2.05, 4.69) is 15.4 Å². The van der Waals surface area contributed by atoms with Gasteiger partial charge in [0.1, 0.15) is 12.6 Å². The van der Waals surface area contributed by atoms with Crippen LogP contribution in [0.25, 0.3) is 0 Å². The number of halogens is 1. The van der Waals surface area contributed by atoms with Crippen molar-refractivity contribution in [2.75, 3.05) is 37.6 Å². The molecule has 2 heterocycles. The number of nitrogens with one attached hydrogen (secondary N) is 1. The highest BCUT2D eigenvalue weighted by molar-refractivity contribution is 6.31. The molecule has 9 heteroatoms. The lowest BCUT2D eigenvalue weighted by atomic mass is 10.1. The second-order valence-corrected chi connectivity index (χ2v) is 6.98. The van der Waals surface area contributed by atoms with E-state index in [1.165, 1.54) is 0 Å². The summed E-state index contributed by atoms with van der Waals surface area (Å²) in [6.07, 6.45) is 2.70. The second kappa shape index (κ2) is 9.07. The van der Waals surface area contributed by atoms with Crippen LogP contribution in [0.2, 0.25) is 5.02 Å². The molecule has 150 valence electrons. The van der Waals surface area contributed by atoms with Crippen LogP contribution in [-0.2, 0) is 11.8 Å². The van der Waals surface area contributed by atoms with Gasteiger partial charge in [-0.1, -0.05) is 29.8 Å². The highest BCUT2D eigenvalue weighted by Gasteiger charge is 2.27. The van der Waals surface area contributed by atoms with Gasteiger partial charge in [0.2, 0.25) is 5.91 Å². The predicted molar refractivity (Wildman–Crippen MR) is 110 cm³/mol. The number of aromatic nitrogens is 2. The summed E-state index contributed by atoms with van der Waals surface area (Å²) in [5, 5.41) is 18.3. The summed E-state index contributed by atoms with van der Waals surface area (Å²) in [5.74, 6) is 0.587. The van der Waals surface area contributed by atoms with Crippen LogP contribution in [-0.4, -0.2) is 64.4 Å². The predicted octanol–water partition coefficient (Wildman–Crippen LogP) is 1.42. The largest absolute Gasteiger partial charge is 0.386 e. The van der Waals surface area contributed by atoms with Crippen molar-refractivity contribution in [3.05, 3.63) is 47.2 Å². The zero-order valence-corrected chi connectivity index (χ0v) is 16.8. The van der Waals surface area contributed by atoms with Crippen molar-refractivity contribution in [3.63, 3.8) is 0 Å². The molecule has 1 fully saturated rings. The van der Waals surface area contributed by atoms with E-state index in [0.29, 0.717) is 36.2 Å². The molecule has 1 aliphatic rings. The summed E-state index contributed by atoms with van der Waals surface area (Å²) in [5.41, 5.74) is 1.43. The molecule has 0 bridgehead atoms. The van der Waals surface area contributed by atoms with Crippen molar-refractivity contribution in [2.24, 2.45) is 12.0 Å². The summed E-state index contributed by atoms with van der Waals surface area (Å²) in [6, 6.07) is 7.17. The third-order valence-electron chi connectivity index (χ3n) is 4.54. The van der Waals surface area contributed by atoms with Crippen molar-refractivity contribution in [3.8, 4) is 0 Å². The number of carbonyl (C=O) groups is 1. The number of carbonyl (C=O) groups excluding carboxylic acids is 1. The fourth-order valence-electron chi connectivity index (χ4n) is 3.12. The Morgan fingerprint density at radius 1 is 1.39 bits per heavy atom. The molecule has 1 aliphatic heterocycles. The van der Waals surface area contributed by atoms with Gasteiger partial charge in [0.15, 0.2) is 5.96 Å². The minimum atomic E-state index is -0.810. The van der Waals surface area contributed by atoms with Gasteiger partial charge in [-0.2, -0.15) is 5.10 Å². The van der Waals surface area contributed by atoms with E-state index in [-0.39, 0.29) is 19.0 Å². The third-order valence-corrected chi connectivity index (χ3v) is 4.88. The Kier molecular flexibility index (Phi) is 6.53. The number of anilines is 1. The van der Waals surface area contributed by atoms with Crippen LogP contribution in [0.5, 0.6) is 0 Å². The summed E-state index contributed by atoms with van der Waals surface area (Å²) in [4.78, 5) is 20.8. The number of aliphatic imine (C=N–C) groups is 1. The molecule has 2 aromatic rings. The van der Waals surface area contributed by atoms with Gasteiger partial charge >= 0.3 is 0 Å². The van der Waals surface area contributed by atoms with Crippen LogP contribution < -0.4 is 10.2 Å². The molecule has 3 rings (SSSR count). The smallest absolute Gasteiger partial charge is 0.246 e. The van der Waals surface area contributed by atoms with Crippen LogP contribution >= 0.6 is 11.6 Å². The fraction of sp³-hybridized carbons (Fsp3) is 0.421. The van der Waals surface area contributed by atoms with Gasteiger partial charge in [0.05, 0.1) is 18.4 Å². The van der Waals surface area contributed by atoms with Gasteiger partial charge in [-0.25, -0.2) is 0 Å². The summed E-state index contributed by atoms with van der Waals surface area (Å²) in [7, 11) is 1.82. The first-order valence-electron chi connectivity index (χ1n) is 9.24. The molecule has 0 aliphatic carbocycles. The maximum Gasteiger partial charge on any atom is 0.246 e. The Bertz CT molecular complexity index is 852. The van der Waals surface area contributed by atoms with Crippen LogP contribution in [0.4, 0.5) is 5.69 Å². The van der Waals surface area contributed by atoms with E-state index in [0.717, 1.165) is 5.69 Å². The standard InChI is InChI=1S/C19H25ClN6O2/c1-3-21-19(22-11-17(27)15-6-4-5-7-16(15)20)25-8-9-26(18(28)13-25)14-10-23-24(2)12-14/h4-7,10,12,17,27H,3,8-9,11,13H2,1-2H3,(H,21,22).